The first-order valence-electron chi connectivity index (χ1n) is 8.79. The number of hydrogen-bond acceptors (Lipinski definition) is 7. The molecule has 0 amide bonds. The van der Waals surface area contributed by atoms with E-state index in [-0.39, 0.29) is 22.0 Å². The minimum Gasteiger partial charge on any atom is -0.495 e. The number of halogens is 1. The van der Waals surface area contributed by atoms with Gasteiger partial charge in [-0.05, 0) is 35.9 Å². The molecule has 31 heavy (non-hydrogen) atoms. The van der Waals surface area contributed by atoms with Crippen LogP contribution in [-0.2, 0) is 10.0 Å². The smallest absolute Gasteiger partial charge is 0.270 e. The van der Waals surface area contributed by atoms with Gasteiger partial charge >= 0.3 is 0 Å². The van der Waals surface area contributed by atoms with Crippen LogP contribution in [0.25, 0.3) is 0 Å². The van der Waals surface area contributed by atoms with Gasteiger partial charge in [-0.1, -0.05) is 40.2 Å². The lowest BCUT2D eigenvalue weighted by Gasteiger charge is -2.14. The molecular formula is C20H17BrN4O5S. The Labute approximate surface area is 187 Å². The fourth-order valence-electron chi connectivity index (χ4n) is 2.63. The summed E-state index contributed by atoms with van der Waals surface area (Å²) in [5, 5.41) is 15.3. The Bertz CT molecular complexity index is 1250. The van der Waals surface area contributed by atoms with Gasteiger partial charge in [0.05, 0.1) is 29.6 Å². The van der Waals surface area contributed by atoms with Gasteiger partial charge in [0.2, 0.25) is 0 Å². The van der Waals surface area contributed by atoms with Crippen LogP contribution in [0.15, 0.2) is 81.2 Å². The standard InChI is InChI=1S/C20H17BrN4O5S/c1-30-19-8-3-2-7-17(19)24-31(28,29)20-12-16(25(26)27)9-10-18(20)23-22-13-14-5-4-6-15(21)11-14/h2-13,23-24H,1H3/b22-13+. The molecule has 0 bridgehead atoms. The quantitative estimate of drug-likeness (QED) is 0.262. The van der Waals surface area contributed by atoms with Crippen molar-refractivity contribution in [2.75, 3.05) is 17.3 Å². The normalized spacial score (nSPS) is 11.3. The lowest BCUT2D eigenvalue weighted by atomic mass is 10.2. The van der Waals surface area contributed by atoms with Crippen molar-refractivity contribution < 1.29 is 18.1 Å². The first kappa shape index (κ1) is 22.2. The highest BCUT2D eigenvalue weighted by atomic mass is 79.9. The Balaban J connectivity index is 1.96. The van der Waals surface area contributed by atoms with E-state index in [2.05, 4.69) is 31.2 Å². The van der Waals surface area contributed by atoms with E-state index >= 15 is 0 Å². The molecule has 0 heterocycles. The van der Waals surface area contributed by atoms with E-state index < -0.39 is 14.9 Å². The average Bonchev–Trinajstić information content (AvgIpc) is 2.74. The van der Waals surface area contributed by atoms with Crippen molar-refractivity contribution in [2.24, 2.45) is 5.10 Å². The fraction of sp³-hybridized carbons (Fsp3) is 0.0500. The van der Waals surface area contributed by atoms with Crippen LogP contribution < -0.4 is 14.9 Å². The number of nitro groups is 1. The summed E-state index contributed by atoms with van der Waals surface area (Å²) in [5.74, 6) is 0.304. The van der Waals surface area contributed by atoms with Crippen LogP contribution in [0.5, 0.6) is 5.75 Å². The van der Waals surface area contributed by atoms with Crippen LogP contribution in [0.2, 0.25) is 0 Å². The van der Waals surface area contributed by atoms with Crippen molar-refractivity contribution in [3.05, 3.63) is 86.9 Å². The van der Waals surface area contributed by atoms with Crippen molar-refractivity contribution in [3.63, 3.8) is 0 Å². The molecule has 2 N–H and O–H groups in total. The molecule has 0 aliphatic rings. The highest BCUT2D eigenvalue weighted by Crippen LogP contribution is 2.31. The van der Waals surface area contributed by atoms with Crippen LogP contribution in [0.1, 0.15) is 5.56 Å². The molecule has 0 aliphatic carbocycles. The number of methoxy groups -OCH3 is 1. The largest absolute Gasteiger partial charge is 0.495 e. The van der Waals surface area contributed by atoms with Gasteiger partial charge in [-0.3, -0.25) is 20.3 Å². The number of hydrazone groups is 1. The number of nitrogens with one attached hydrogen (secondary N) is 2. The first-order chi connectivity index (χ1) is 14.8. The molecule has 11 heteroatoms. The van der Waals surface area contributed by atoms with E-state index in [0.717, 1.165) is 16.1 Å². The van der Waals surface area contributed by atoms with Crippen molar-refractivity contribution >= 4 is 49.2 Å². The van der Waals surface area contributed by atoms with E-state index in [0.29, 0.717) is 5.75 Å². The maximum Gasteiger partial charge on any atom is 0.270 e. The SMILES string of the molecule is COc1ccccc1NS(=O)(=O)c1cc([N+](=O)[O-])ccc1N/N=C/c1cccc(Br)c1. The maximum atomic E-state index is 13.1. The van der Waals surface area contributed by atoms with Gasteiger partial charge in [-0.2, -0.15) is 5.10 Å². The maximum absolute atomic E-state index is 13.1. The highest BCUT2D eigenvalue weighted by molar-refractivity contribution is 9.10. The van der Waals surface area contributed by atoms with Gasteiger partial charge in [-0.25, -0.2) is 8.42 Å². The number of nitrogens with zero attached hydrogens (tertiary/aromatic N) is 2. The third-order valence-corrected chi connectivity index (χ3v) is 5.96. The molecular weight excluding hydrogens is 488 g/mol. The molecule has 0 aliphatic heterocycles. The van der Waals surface area contributed by atoms with E-state index in [1.54, 1.807) is 18.2 Å². The fourth-order valence-corrected chi connectivity index (χ4v) is 4.30. The summed E-state index contributed by atoms with van der Waals surface area (Å²) in [4.78, 5) is 10.2. The molecule has 3 aromatic carbocycles. The predicted octanol–water partition coefficient (Wildman–Crippen LogP) is 4.61. The Morgan fingerprint density at radius 3 is 2.55 bits per heavy atom. The van der Waals surface area contributed by atoms with Gasteiger partial charge in [0.1, 0.15) is 10.6 Å². The number of sulfonamides is 1. The second kappa shape index (κ2) is 9.58. The summed E-state index contributed by atoms with van der Waals surface area (Å²) < 4.78 is 34.5. The van der Waals surface area contributed by atoms with E-state index in [1.165, 1.54) is 31.5 Å². The van der Waals surface area contributed by atoms with E-state index in [1.807, 2.05) is 24.3 Å². The molecule has 0 aromatic heterocycles. The summed E-state index contributed by atoms with van der Waals surface area (Å²) in [5.41, 5.74) is 3.30. The van der Waals surface area contributed by atoms with Crippen LogP contribution >= 0.6 is 15.9 Å². The Morgan fingerprint density at radius 2 is 1.84 bits per heavy atom. The number of rotatable bonds is 8. The minimum atomic E-state index is -4.21. The molecule has 3 rings (SSSR count). The van der Waals surface area contributed by atoms with Gasteiger partial charge in [0.15, 0.2) is 0 Å². The zero-order chi connectivity index (χ0) is 22.4. The van der Waals surface area contributed by atoms with Gasteiger partial charge < -0.3 is 4.74 Å². The summed E-state index contributed by atoms with van der Waals surface area (Å²) in [6.45, 7) is 0. The molecule has 0 atom stereocenters. The molecule has 9 nitrogen and oxygen atoms in total. The number of benzene rings is 3. The third kappa shape index (κ3) is 5.58. The van der Waals surface area contributed by atoms with E-state index in [9.17, 15) is 18.5 Å². The van der Waals surface area contributed by atoms with Gasteiger partial charge in [-0.15, -0.1) is 0 Å². The number of non-ortho nitro benzene ring substituents is 1. The highest BCUT2D eigenvalue weighted by Gasteiger charge is 2.23. The second-order valence-corrected chi connectivity index (χ2v) is 8.73. The van der Waals surface area contributed by atoms with Crippen molar-refractivity contribution in [1.29, 1.82) is 0 Å². The van der Waals surface area contributed by atoms with Crippen molar-refractivity contribution in [2.45, 2.75) is 4.90 Å². The molecule has 0 radical (unpaired) electrons. The number of anilines is 2. The Hall–Kier alpha value is -3.44. The second-order valence-electron chi connectivity index (χ2n) is 6.17. The number of hydrogen-bond donors (Lipinski definition) is 2. The third-order valence-electron chi connectivity index (χ3n) is 4.06. The predicted molar refractivity (Wildman–Crippen MR) is 122 cm³/mol. The van der Waals surface area contributed by atoms with Gasteiger partial charge in [0, 0.05) is 16.6 Å². The first-order valence-corrected chi connectivity index (χ1v) is 11.1. The number of para-hydroxylation sites is 2. The monoisotopic (exact) mass is 504 g/mol. The number of nitro benzene ring substituents is 1. The number of ether oxygens (including phenoxy) is 1. The Morgan fingerprint density at radius 1 is 1.06 bits per heavy atom. The molecule has 0 saturated heterocycles. The summed E-state index contributed by atoms with van der Waals surface area (Å²) >= 11 is 3.36. The topological polar surface area (TPSA) is 123 Å². The van der Waals surface area contributed by atoms with Gasteiger partial charge in [0.25, 0.3) is 15.7 Å². The zero-order valence-electron chi connectivity index (χ0n) is 16.2. The van der Waals surface area contributed by atoms with Crippen molar-refractivity contribution in [1.82, 2.24) is 0 Å². The molecule has 0 fully saturated rings. The molecule has 0 unspecified atom stereocenters. The minimum absolute atomic E-state index is 0.0687. The van der Waals surface area contributed by atoms with Crippen LogP contribution in [0, 0.1) is 10.1 Å². The van der Waals surface area contributed by atoms with Crippen LogP contribution in [0.3, 0.4) is 0 Å². The summed E-state index contributed by atoms with van der Waals surface area (Å²) in [6, 6.07) is 17.2. The van der Waals surface area contributed by atoms with Crippen LogP contribution in [-0.4, -0.2) is 26.7 Å². The Kier molecular flexibility index (Phi) is 6.88. The summed E-state index contributed by atoms with van der Waals surface area (Å²) in [6.07, 6.45) is 1.50. The average molecular weight is 505 g/mol. The molecule has 0 saturated carbocycles. The summed E-state index contributed by atoms with van der Waals surface area (Å²) in [7, 11) is -2.81. The zero-order valence-corrected chi connectivity index (χ0v) is 18.6. The molecule has 0 spiro atoms. The molecule has 3 aromatic rings. The molecule has 160 valence electrons. The van der Waals surface area contributed by atoms with E-state index in [4.69, 9.17) is 4.74 Å². The van der Waals surface area contributed by atoms with Crippen molar-refractivity contribution in [3.8, 4) is 5.75 Å². The lowest BCUT2D eigenvalue weighted by Crippen LogP contribution is -2.15. The lowest BCUT2D eigenvalue weighted by molar-refractivity contribution is -0.385. The van der Waals surface area contributed by atoms with Crippen LogP contribution in [0.4, 0.5) is 17.1 Å².